The molecule has 3 aromatic heterocycles. The number of hydrogen-bond acceptors (Lipinski definition) is 3. The third-order valence-electron chi connectivity index (χ3n) is 4.19. The minimum Gasteiger partial charge on any atom is -0.465 e. The van der Waals surface area contributed by atoms with Crippen LogP contribution in [0.5, 0.6) is 0 Å². The summed E-state index contributed by atoms with van der Waals surface area (Å²) in [4.78, 5) is 13.5. The van der Waals surface area contributed by atoms with Crippen LogP contribution in [0.15, 0.2) is 58.3 Å². The van der Waals surface area contributed by atoms with Gasteiger partial charge in [-0.05, 0) is 54.8 Å². The van der Waals surface area contributed by atoms with Gasteiger partial charge in [0.1, 0.15) is 23.9 Å². The monoisotopic (exact) mass is 368 g/mol. The van der Waals surface area contributed by atoms with E-state index in [0.717, 1.165) is 27.2 Å². The number of rotatable bonds is 5. The molecule has 4 aromatic rings. The van der Waals surface area contributed by atoms with Crippen LogP contribution in [0.2, 0.25) is 0 Å². The summed E-state index contributed by atoms with van der Waals surface area (Å²) in [5.74, 6) is 1.12. The summed E-state index contributed by atoms with van der Waals surface area (Å²) in [6, 6.07) is 14.2. The Hall–Kier alpha value is -2.86. The van der Waals surface area contributed by atoms with Gasteiger partial charge in [-0.1, -0.05) is 6.07 Å². The van der Waals surface area contributed by atoms with Crippen LogP contribution in [0.3, 0.4) is 0 Å². The molecule has 1 aromatic carbocycles. The highest BCUT2D eigenvalue weighted by atomic mass is 32.1. The predicted octanol–water partition coefficient (Wildman–Crippen LogP) is 4.73. The number of benzene rings is 1. The zero-order valence-corrected chi connectivity index (χ0v) is 15.0. The van der Waals surface area contributed by atoms with Gasteiger partial charge in [-0.25, -0.2) is 4.39 Å². The van der Waals surface area contributed by atoms with Gasteiger partial charge in [0, 0.05) is 10.9 Å². The summed E-state index contributed by atoms with van der Waals surface area (Å²) >= 11 is 1.59. The lowest BCUT2D eigenvalue weighted by molar-refractivity contribution is -0.121. The van der Waals surface area contributed by atoms with Crippen molar-refractivity contribution in [3.8, 4) is 10.6 Å². The first kappa shape index (κ1) is 16.6. The lowest BCUT2D eigenvalue weighted by atomic mass is 10.2. The molecular formula is C20H17FN2O2S. The Morgan fingerprint density at radius 2 is 2.12 bits per heavy atom. The molecule has 3 heterocycles. The van der Waals surface area contributed by atoms with Gasteiger partial charge in [0.25, 0.3) is 0 Å². The predicted molar refractivity (Wildman–Crippen MR) is 101 cm³/mol. The number of aryl methyl sites for hydroxylation is 1. The van der Waals surface area contributed by atoms with Crippen molar-refractivity contribution < 1.29 is 13.6 Å². The molecule has 132 valence electrons. The average molecular weight is 368 g/mol. The van der Waals surface area contributed by atoms with Crippen molar-refractivity contribution in [3.63, 3.8) is 0 Å². The Balaban J connectivity index is 1.62. The highest BCUT2D eigenvalue weighted by molar-refractivity contribution is 7.13. The molecule has 0 fully saturated rings. The number of carbonyl (C=O) groups is 1. The molecule has 0 saturated heterocycles. The third-order valence-corrected chi connectivity index (χ3v) is 5.09. The van der Waals surface area contributed by atoms with Gasteiger partial charge in [0.2, 0.25) is 5.91 Å². The Bertz CT molecular complexity index is 1060. The summed E-state index contributed by atoms with van der Waals surface area (Å²) in [6.45, 7) is 2.36. The number of fused-ring (bicyclic) bond motifs is 1. The molecule has 0 unspecified atom stereocenters. The summed E-state index contributed by atoms with van der Waals surface area (Å²) in [6.07, 6.45) is 0. The maximum atomic E-state index is 13.6. The van der Waals surface area contributed by atoms with E-state index < -0.39 is 0 Å². The number of aromatic nitrogens is 1. The van der Waals surface area contributed by atoms with Crippen molar-refractivity contribution >= 4 is 28.1 Å². The third kappa shape index (κ3) is 3.28. The van der Waals surface area contributed by atoms with Crippen LogP contribution in [-0.2, 0) is 17.9 Å². The number of thiophene rings is 1. The summed E-state index contributed by atoms with van der Waals surface area (Å²) < 4.78 is 21.0. The number of furan rings is 1. The fraction of sp³-hybridized carbons (Fsp3) is 0.150. The first-order valence-electron chi connectivity index (χ1n) is 8.25. The second kappa shape index (κ2) is 6.80. The lowest BCUT2D eigenvalue weighted by Gasteiger charge is -2.10. The van der Waals surface area contributed by atoms with Crippen molar-refractivity contribution in [2.24, 2.45) is 0 Å². The lowest BCUT2D eigenvalue weighted by Crippen LogP contribution is -2.27. The van der Waals surface area contributed by atoms with Gasteiger partial charge in [-0.15, -0.1) is 11.3 Å². The van der Waals surface area contributed by atoms with E-state index >= 15 is 0 Å². The van der Waals surface area contributed by atoms with Gasteiger partial charge in [0.05, 0.1) is 17.1 Å². The van der Waals surface area contributed by atoms with Crippen LogP contribution < -0.4 is 5.32 Å². The Labute approximate surface area is 153 Å². The molecule has 0 bridgehead atoms. The fourth-order valence-corrected chi connectivity index (χ4v) is 3.76. The summed E-state index contributed by atoms with van der Waals surface area (Å²) in [5.41, 5.74) is 1.74. The van der Waals surface area contributed by atoms with Crippen molar-refractivity contribution in [1.29, 1.82) is 0 Å². The normalized spacial score (nSPS) is 11.2. The van der Waals surface area contributed by atoms with E-state index in [1.807, 2.05) is 47.2 Å². The molecule has 6 heteroatoms. The maximum absolute atomic E-state index is 13.6. The van der Waals surface area contributed by atoms with Crippen molar-refractivity contribution in [3.05, 3.63) is 71.2 Å². The minimum atomic E-state index is -0.287. The van der Waals surface area contributed by atoms with E-state index in [9.17, 15) is 9.18 Å². The number of carbonyl (C=O) groups excluding carboxylic acids is 1. The molecule has 0 aliphatic rings. The Kier molecular flexibility index (Phi) is 4.34. The van der Waals surface area contributed by atoms with Crippen LogP contribution in [0.1, 0.15) is 11.5 Å². The maximum Gasteiger partial charge on any atom is 0.240 e. The summed E-state index contributed by atoms with van der Waals surface area (Å²) in [7, 11) is 0. The van der Waals surface area contributed by atoms with Crippen LogP contribution in [0.4, 0.5) is 4.39 Å². The number of halogens is 1. The molecule has 0 aliphatic carbocycles. The van der Waals surface area contributed by atoms with Crippen molar-refractivity contribution in [1.82, 2.24) is 9.88 Å². The van der Waals surface area contributed by atoms with Gasteiger partial charge in [0.15, 0.2) is 0 Å². The highest BCUT2D eigenvalue weighted by Gasteiger charge is 2.15. The molecule has 26 heavy (non-hydrogen) atoms. The Morgan fingerprint density at radius 1 is 1.23 bits per heavy atom. The molecule has 1 N–H and O–H groups in total. The molecule has 0 spiro atoms. The molecular weight excluding hydrogens is 351 g/mol. The molecule has 0 saturated carbocycles. The van der Waals surface area contributed by atoms with E-state index in [0.29, 0.717) is 12.3 Å². The molecule has 1 amide bonds. The van der Waals surface area contributed by atoms with Gasteiger partial charge < -0.3 is 14.3 Å². The first-order valence-corrected chi connectivity index (χ1v) is 9.13. The summed E-state index contributed by atoms with van der Waals surface area (Å²) in [5, 5.41) is 5.64. The van der Waals surface area contributed by atoms with E-state index in [1.165, 1.54) is 12.1 Å². The van der Waals surface area contributed by atoms with Crippen LogP contribution in [0, 0.1) is 12.7 Å². The number of amides is 1. The molecule has 0 aliphatic heterocycles. The molecule has 0 atom stereocenters. The SMILES string of the molecule is Cc1ccc(CNC(=O)Cn2c(-c3cccs3)cc3cc(F)ccc32)o1. The van der Waals surface area contributed by atoms with E-state index in [-0.39, 0.29) is 18.3 Å². The topological polar surface area (TPSA) is 47.2 Å². The fourth-order valence-electron chi connectivity index (χ4n) is 3.01. The number of nitrogens with zero attached hydrogens (tertiary/aromatic N) is 1. The zero-order chi connectivity index (χ0) is 18.1. The largest absolute Gasteiger partial charge is 0.465 e. The van der Waals surface area contributed by atoms with E-state index in [1.54, 1.807) is 17.4 Å². The second-order valence-electron chi connectivity index (χ2n) is 6.09. The first-order chi connectivity index (χ1) is 12.6. The molecule has 4 nitrogen and oxygen atoms in total. The molecule has 4 rings (SSSR count). The van der Waals surface area contributed by atoms with Gasteiger partial charge in [-0.3, -0.25) is 4.79 Å². The Morgan fingerprint density at radius 3 is 2.85 bits per heavy atom. The zero-order valence-electron chi connectivity index (χ0n) is 14.2. The highest BCUT2D eigenvalue weighted by Crippen LogP contribution is 2.31. The van der Waals surface area contributed by atoms with E-state index in [4.69, 9.17) is 4.42 Å². The quantitative estimate of drug-likeness (QED) is 0.554. The average Bonchev–Trinajstić information content (AvgIpc) is 3.33. The van der Waals surface area contributed by atoms with Crippen molar-refractivity contribution in [2.75, 3.05) is 0 Å². The second-order valence-corrected chi connectivity index (χ2v) is 7.03. The molecule has 0 radical (unpaired) electrons. The number of hydrogen-bond donors (Lipinski definition) is 1. The van der Waals surface area contributed by atoms with Crippen molar-refractivity contribution in [2.45, 2.75) is 20.0 Å². The van der Waals surface area contributed by atoms with Gasteiger partial charge >= 0.3 is 0 Å². The number of nitrogens with one attached hydrogen (secondary N) is 1. The van der Waals surface area contributed by atoms with Crippen LogP contribution >= 0.6 is 11.3 Å². The van der Waals surface area contributed by atoms with E-state index in [2.05, 4.69) is 5.32 Å². The van der Waals surface area contributed by atoms with Crippen LogP contribution in [0.25, 0.3) is 21.5 Å². The standard InChI is InChI=1S/C20H17FN2O2S/c1-13-4-6-16(25-13)11-22-20(24)12-23-17-7-5-15(21)9-14(17)10-18(23)19-3-2-8-26-19/h2-10H,11-12H2,1H3,(H,22,24). The smallest absolute Gasteiger partial charge is 0.240 e. The van der Waals surface area contributed by atoms with Crippen LogP contribution in [-0.4, -0.2) is 10.5 Å². The van der Waals surface area contributed by atoms with Gasteiger partial charge in [-0.2, -0.15) is 0 Å². The minimum absolute atomic E-state index is 0.126.